The number of aryl methyl sites for hydroxylation is 2. The highest BCUT2D eigenvalue weighted by atomic mass is 16.2. The summed E-state index contributed by atoms with van der Waals surface area (Å²) in [5, 5.41) is 0. The number of carbonyl (C=O) groups excluding carboxylic acids is 2. The van der Waals surface area contributed by atoms with Gasteiger partial charge in [-0.05, 0) is 13.8 Å². The predicted molar refractivity (Wildman–Crippen MR) is 59.8 cm³/mol. The summed E-state index contributed by atoms with van der Waals surface area (Å²) in [5.41, 5.74) is 0. The Labute approximate surface area is 97.9 Å². The van der Waals surface area contributed by atoms with E-state index >= 15 is 0 Å². The van der Waals surface area contributed by atoms with Crippen LogP contribution >= 0.6 is 0 Å². The lowest BCUT2D eigenvalue weighted by Gasteiger charge is -2.04. The molecule has 2 aromatic rings. The first-order valence-corrected chi connectivity index (χ1v) is 5.16. The molecule has 6 heteroatoms. The predicted octanol–water partition coefficient (Wildman–Crippen LogP) is 1.07. The molecule has 17 heavy (non-hydrogen) atoms. The molecule has 0 amide bonds. The minimum Gasteiger partial charge on any atom is -0.274 e. The molecule has 0 bridgehead atoms. The maximum absolute atomic E-state index is 11.8. The van der Waals surface area contributed by atoms with Crippen LogP contribution in [-0.4, -0.2) is 30.9 Å². The standard InChI is InChI=1S/C11H12N4O2/c1-8-12-3-5-14(8)10(16)7-11(17)15-6-4-13-9(15)2/h3-6H,7H2,1-2H3. The molecule has 0 radical (unpaired) electrons. The second-order valence-corrected chi connectivity index (χ2v) is 3.65. The molecule has 0 N–H and O–H groups in total. The molecule has 6 nitrogen and oxygen atoms in total. The molecule has 0 unspecified atom stereocenters. The van der Waals surface area contributed by atoms with E-state index in [2.05, 4.69) is 9.97 Å². The fourth-order valence-electron chi connectivity index (χ4n) is 1.58. The van der Waals surface area contributed by atoms with Crippen molar-refractivity contribution in [3.05, 3.63) is 36.4 Å². The van der Waals surface area contributed by atoms with Gasteiger partial charge in [-0.3, -0.25) is 18.7 Å². The molecule has 2 rings (SSSR count). The first kappa shape index (κ1) is 11.3. The van der Waals surface area contributed by atoms with Crippen molar-refractivity contribution >= 4 is 11.8 Å². The van der Waals surface area contributed by atoms with Crippen molar-refractivity contribution in [2.75, 3.05) is 0 Å². The number of nitrogens with zero attached hydrogens (tertiary/aromatic N) is 4. The summed E-state index contributed by atoms with van der Waals surface area (Å²) in [6.45, 7) is 3.43. The van der Waals surface area contributed by atoms with Crippen molar-refractivity contribution in [3.8, 4) is 0 Å². The van der Waals surface area contributed by atoms with Crippen LogP contribution in [0.15, 0.2) is 24.8 Å². The Hall–Kier alpha value is -2.24. The van der Waals surface area contributed by atoms with Crippen LogP contribution in [0.25, 0.3) is 0 Å². The Balaban J connectivity index is 2.13. The molecule has 0 aliphatic carbocycles. The number of hydrogen-bond donors (Lipinski definition) is 0. The van der Waals surface area contributed by atoms with Gasteiger partial charge in [0.15, 0.2) is 0 Å². The van der Waals surface area contributed by atoms with E-state index in [0.717, 1.165) is 0 Å². The van der Waals surface area contributed by atoms with Gasteiger partial charge in [-0.25, -0.2) is 9.97 Å². The van der Waals surface area contributed by atoms with Gasteiger partial charge in [0.2, 0.25) is 11.8 Å². The third kappa shape index (κ3) is 2.15. The van der Waals surface area contributed by atoms with Crippen LogP contribution in [0.2, 0.25) is 0 Å². The molecular weight excluding hydrogens is 220 g/mol. The average Bonchev–Trinajstić information content (AvgIpc) is 2.86. The molecule has 0 spiro atoms. The summed E-state index contributed by atoms with van der Waals surface area (Å²) >= 11 is 0. The van der Waals surface area contributed by atoms with E-state index in [1.165, 1.54) is 21.5 Å². The molecule has 2 heterocycles. The molecule has 0 aromatic carbocycles. The first-order valence-electron chi connectivity index (χ1n) is 5.16. The van der Waals surface area contributed by atoms with Gasteiger partial charge in [-0.15, -0.1) is 0 Å². The lowest BCUT2D eigenvalue weighted by molar-refractivity contribution is 0.0800. The Morgan fingerprint density at radius 2 is 1.41 bits per heavy atom. The summed E-state index contributed by atoms with van der Waals surface area (Å²) in [6.07, 6.45) is 5.95. The molecule has 88 valence electrons. The van der Waals surface area contributed by atoms with Gasteiger partial charge >= 0.3 is 0 Å². The van der Waals surface area contributed by atoms with E-state index in [4.69, 9.17) is 0 Å². The molecule has 0 fully saturated rings. The van der Waals surface area contributed by atoms with Crippen molar-refractivity contribution in [3.63, 3.8) is 0 Å². The van der Waals surface area contributed by atoms with Crippen molar-refractivity contribution in [2.45, 2.75) is 20.3 Å². The fourth-order valence-corrected chi connectivity index (χ4v) is 1.58. The Kier molecular flexibility index (Phi) is 2.86. The molecule has 0 saturated heterocycles. The van der Waals surface area contributed by atoms with Gasteiger partial charge in [-0.2, -0.15) is 0 Å². The van der Waals surface area contributed by atoms with E-state index < -0.39 is 0 Å². The summed E-state index contributed by atoms with van der Waals surface area (Å²) in [4.78, 5) is 31.5. The Morgan fingerprint density at radius 1 is 1.00 bits per heavy atom. The third-order valence-corrected chi connectivity index (χ3v) is 2.49. The largest absolute Gasteiger partial charge is 0.274 e. The maximum Gasteiger partial charge on any atom is 0.241 e. The second kappa shape index (κ2) is 4.32. The zero-order valence-electron chi connectivity index (χ0n) is 9.62. The van der Waals surface area contributed by atoms with E-state index in [0.29, 0.717) is 11.6 Å². The Morgan fingerprint density at radius 3 is 1.71 bits per heavy atom. The number of carbonyl (C=O) groups is 2. The lowest BCUT2D eigenvalue weighted by Crippen LogP contribution is -2.20. The zero-order chi connectivity index (χ0) is 12.4. The molecule has 0 saturated carbocycles. The van der Waals surface area contributed by atoms with E-state index in [-0.39, 0.29) is 18.2 Å². The van der Waals surface area contributed by atoms with Crippen LogP contribution in [0.3, 0.4) is 0 Å². The second-order valence-electron chi connectivity index (χ2n) is 3.65. The number of rotatable bonds is 2. The highest BCUT2D eigenvalue weighted by Gasteiger charge is 2.15. The minimum atomic E-state index is -0.293. The summed E-state index contributed by atoms with van der Waals surface area (Å²) < 4.78 is 2.73. The van der Waals surface area contributed by atoms with E-state index in [1.54, 1.807) is 26.2 Å². The Bertz CT molecular complexity index is 517. The lowest BCUT2D eigenvalue weighted by atomic mass is 10.3. The average molecular weight is 232 g/mol. The van der Waals surface area contributed by atoms with E-state index in [9.17, 15) is 9.59 Å². The smallest absolute Gasteiger partial charge is 0.241 e. The third-order valence-electron chi connectivity index (χ3n) is 2.49. The topological polar surface area (TPSA) is 69.8 Å². The monoisotopic (exact) mass is 232 g/mol. The first-order chi connectivity index (χ1) is 8.09. The van der Waals surface area contributed by atoms with Crippen LogP contribution in [0, 0.1) is 13.8 Å². The van der Waals surface area contributed by atoms with Gasteiger partial charge in [0, 0.05) is 24.8 Å². The highest BCUT2D eigenvalue weighted by molar-refractivity contribution is 5.99. The van der Waals surface area contributed by atoms with Crippen molar-refractivity contribution in [2.24, 2.45) is 0 Å². The quantitative estimate of drug-likeness (QED) is 0.726. The molecule has 0 atom stereocenters. The fraction of sp³-hybridized carbons (Fsp3) is 0.273. The summed E-state index contributed by atoms with van der Waals surface area (Å²) in [5.74, 6) is 0.562. The minimum absolute atomic E-state index is 0.200. The van der Waals surface area contributed by atoms with Gasteiger partial charge in [0.05, 0.1) is 0 Å². The van der Waals surface area contributed by atoms with Crippen molar-refractivity contribution < 1.29 is 9.59 Å². The van der Waals surface area contributed by atoms with Gasteiger partial charge in [0.1, 0.15) is 18.1 Å². The summed E-state index contributed by atoms with van der Waals surface area (Å²) in [7, 11) is 0. The molecular formula is C11H12N4O2. The maximum atomic E-state index is 11.8. The van der Waals surface area contributed by atoms with Gasteiger partial charge in [0.25, 0.3) is 0 Å². The van der Waals surface area contributed by atoms with Crippen molar-refractivity contribution in [1.82, 2.24) is 19.1 Å². The van der Waals surface area contributed by atoms with Crippen LogP contribution in [0.1, 0.15) is 27.7 Å². The van der Waals surface area contributed by atoms with Crippen LogP contribution in [0.5, 0.6) is 0 Å². The molecule has 2 aromatic heterocycles. The number of imidazole rings is 2. The SMILES string of the molecule is Cc1nccn1C(=O)CC(=O)n1ccnc1C. The highest BCUT2D eigenvalue weighted by Crippen LogP contribution is 2.02. The van der Waals surface area contributed by atoms with Crippen molar-refractivity contribution in [1.29, 1.82) is 0 Å². The normalized spacial score (nSPS) is 10.5. The van der Waals surface area contributed by atoms with Crippen LogP contribution in [-0.2, 0) is 0 Å². The van der Waals surface area contributed by atoms with Crippen LogP contribution < -0.4 is 0 Å². The molecule has 0 aliphatic heterocycles. The zero-order valence-corrected chi connectivity index (χ0v) is 9.62. The number of aromatic nitrogens is 4. The van der Waals surface area contributed by atoms with E-state index in [1.807, 2.05) is 0 Å². The molecule has 0 aliphatic rings. The van der Waals surface area contributed by atoms with Gasteiger partial charge in [-0.1, -0.05) is 0 Å². The number of hydrogen-bond acceptors (Lipinski definition) is 4. The van der Waals surface area contributed by atoms with Gasteiger partial charge < -0.3 is 0 Å². The summed E-state index contributed by atoms with van der Waals surface area (Å²) in [6, 6.07) is 0. The van der Waals surface area contributed by atoms with Crippen LogP contribution in [0.4, 0.5) is 0 Å².